The Bertz CT molecular complexity index is 221. The van der Waals surface area contributed by atoms with Gasteiger partial charge in [-0.3, -0.25) is 4.98 Å². The summed E-state index contributed by atoms with van der Waals surface area (Å²) in [6.07, 6.45) is 6.65. The first kappa shape index (κ1) is 7.72. The van der Waals surface area contributed by atoms with Crippen LogP contribution in [0.4, 0.5) is 0 Å². The molecule has 0 atom stereocenters. The van der Waals surface area contributed by atoms with E-state index in [9.17, 15) is 0 Å². The van der Waals surface area contributed by atoms with Crippen molar-refractivity contribution in [1.82, 2.24) is 4.98 Å². The van der Waals surface area contributed by atoms with Gasteiger partial charge in [0.05, 0.1) is 0 Å². The summed E-state index contributed by atoms with van der Waals surface area (Å²) in [5.41, 5.74) is 1.16. The van der Waals surface area contributed by atoms with Crippen molar-refractivity contribution >= 4 is 6.21 Å². The molecule has 0 aliphatic carbocycles. The molecule has 0 bridgehead atoms. The second-order valence-corrected chi connectivity index (χ2v) is 2.20. The molecular formula is C8H10N2O. The average molecular weight is 150 g/mol. The lowest BCUT2D eigenvalue weighted by molar-refractivity contribution is 0.320. The molecule has 0 aliphatic rings. The molecule has 1 aromatic heterocycles. The Labute approximate surface area is 65.4 Å². The Kier molecular flexibility index (Phi) is 3.12. The van der Waals surface area contributed by atoms with Crippen LogP contribution in [0.2, 0.25) is 0 Å². The van der Waals surface area contributed by atoms with Gasteiger partial charge in [-0.05, 0) is 24.5 Å². The van der Waals surface area contributed by atoms with Crippen molar-refractivity contribution in [3.63, 3.8) is 0 Å². The third kappa shape index (κ3) is 2.80. The summed E-state index contributed by atoms with van der Waals surface area (Å²) < 4.78 is 0. The van der Waals surface area contributed by atoms with Crippen LogP contribution >= 0.6 is 0 Å². The van der Waals surface area contributed by atoms with E-state index >= 15 is 0 Å². The number of aryl methyl sites for hydroxylation is 1. The predicted octanol–water partition coefficient (Wildman–Crippen LogP) is 1.47. The van der Waals surface area contributed by atoms with Crippen LogP contribution in [0.25, 0.3) is 0 Å². The maximum atomic E-state index is 8.10. The first-order valence-electron chi connectivity index (χ1n) is 3.48. The van der Waals surface area contributed by atoms with Crippen molar-refractivity contribution in [1.29, 1.82) is 0 Å². The molecule has 3 heteroatoms. The van der Waals surface area contributed by atoms with Crippen LogP contribution in [0.3, 0.4) is 0 Å². The molecule has 0 unspecified atom stereocenters. The third-order valence-corrected chi connectivity index (χ3v) is 1.37. The zero-order chi connectivity index (χ0) is 7.94. The van der Waals surface area contributed by atoms with Gasteiger partial charge >= 0.3 is 0 Å². The minimum absolute atomic E-state index is 0.752. The van der Waals surface area contributed by atoms with E-state index in [1.54, 1.807) is 6.20 Å². The van der Waals surface area contributed by atoms with Crippen LogP contribution in [0, 0.1) is 0 Å². The van der Waals surface area contributed by atoms with Gasteiger partial charge in [0, 0.05) is 18.6 Å². The number of pyridine rings is 1. The van der Waals surface area contributed by atoms with Crippen molar-refractivity contribution in [2.75, 3.05) is 0 Å². The molecular weight excluding hydrogens is 140 g/mol. The summed E-state index contributed by atoms with van der Waals surface area (Å²) in [4.78, 5) is 3.96. The number of oxime groups is 1. The molecule has 0 amide bonds. The van der Waals surface area contributed by atoms with Gasteiger partial charge in [0.15, 0.2) is 0 Å². The number of aromatic nitrogens is 1. The Morgan fingerprint density at radius 2 is 2.55 bits per heavy atom. The van der Waals surface area contributed by atoms with Crippen LogP contribution in [-0.4, -0.2) is 16.4 Å². The lowest BCUT2D eigenvalue weighted by Crippen LogP contribution is -1.86. The maximum absolute atomic E-state index is 8.10. The van der Waals surface area contributed by atoms with Gasteiger partial charge in [-0.15, -0.1) is 5.16 Å². The monoisotopic (exact) mass is 150 g/mol. The van der Waals surface area contributed by atoms with Gasteiger partial charge < -0.3 is 5.21 Å². The van der Waals surface area contributed by atoms with Crippen molar-refractivity contribution in [2.24, 2.45) is 5.16 Å². The van der Waals surface area contributed by atoms with Gasteiger partial charge in [-0.1, -0.05) is 6.07 Å². The fraction of sp³-hybridized carbons (Fsp3) is 0.250. The number of hydrogen-bond acceptors (Lipinski definition) is 3. The molecule has 1 aromatic rings. The SMILES string of the molecule is ON=CCCc1cccnc1. The lowest BCUT2D eigenvalue weighted by atomic mass is 10.2. The lowest BCUT2D eigenvalue weighted by Gasteiger charge is -1.93. The molecule has 11 heavy (non-hydrogen) atoms. The Morgan fingerprint density at radius 1 is 1.64 bits per heavy atom. The average Bonchev–Trinajstić information content (AvgIpc) is 2.07. The quantitative estimate of drug-likeness (QED) is 0.403. The molecule has 0 aliphatic heterocycles. The molecule has 3 nitrogen and oxygen atoms in total. The summed E-state index contributed by atoms with van der Waals surface area (Å²) in [5.74, 6) is 0. The molecule has 0 spiro atoms. The third-order valence-electron chi connectivity index (χ3n) is 1.37. The van der Waals surface area contributed by atoms with Crippen LogP contribution < -0.4 is 0 Å². The molecule has 0 aromatic carbocycles. The minimum atomic E-state index is 0.752. The normalized spacial score (nSPS) is 10.5. The van der Waals surface area contributed by atoms with E-state index in [4.69, 9.17) is 5.21 Å². The topological polar surface area (TPSA) is 45.5 Å². The highest BCUT2D eigenvalue weighted by molar-refractivity contribution is 5.56. The van der Waals surface area contributed by atoms with Crippen LogP contribution in [0.5, 0.6) is 0 Å². The van der Waals surface area contributed by atoms with E-state index in [2.05, 4.69) is 10.1 Å². The summed E-state index contributed by atoms with van der Waals surface area (Å²) in [6.45, 7) is 0. The van der Waals surface area contributed by atoms with Crippen LogP contribution in [-0.2, 0) is 6.42 Å². The summed E-state index contributed by atoms with van der Waals surface area (Å²) in [7, 11) is 0. The second-order valence-electron chi connectivity index (χ2n) is 2.20. The smallest absolute Gasteiger partial charge is 0.0439 e. The highest BCUT2D eigenvalue weighted by Crippen LogP contribution is 1.98. The number of hydrogen-bond donors (Lipinski definition) is 1. The van der Waals surface area contributed by atoms with E-state index < -0.39 is 0 Å². The van der Waals surface area contributed by atoms with Gasteiger partial charge in [0.2, 0.25) is 0 Å². The van der Waals surface area contributed by atoms with Gasteiger partial charge in [0.25, 0.3) is 0 Å². The fourth-order valence-corrected chi connectivity index (χ4v) is 0.835. The standard InChI is InChI=1S/C8H10N2O/c11-10-6-2-4-8-3-1-5-9-7-8/h1,3,5-7,11H,2,4H2. The van der Waals surface area contributed by atoms with E-state index in [0.717, 1.165) is 18.4 Å². The maximum Gasteiger partial charge on any atom is 0.0439 e. The number of rotatable bonds is 3. The largest absolute Gasteiger partial charge is 0.411 e. The van der Waals surface area contributed by atoms with E-state index in [-0.39, 0.29) is 0 Å². The second kappa shape index (κ2) is 4.44. The molecule has 0 saturated carbocycles. The summed E-state index contributed by atoms with van der Waals surface area (Å²) >= 11 is 0. The molecule has 58 valence electrons. The van der Waals surface area contributed by atoms with Crippen LogP contribution in [0.15, 0.2) is 29.7 Å². The van der Waals surface area contributed by atoms with Gasteiger partial charge in [-0.25, -0.2) is 0 Å². The highest BCUT2D eigenvalue weighted by atomic mass is 16.4. The molecule has 1 N–H and O–H groups in total. The Hall–Kier alpha value is -1.38. The molecule has 0 radical (unpaired) electrons. The van der Waals surface area contributed by atoms with Crippen molar-refractivity contribution in [2.45, 2.75) is 12.8 Å². The van der Waals surface area contributed by atoms with Crippen molar-refractivity contribution < 1.29 is 5.21 Å². The predicted molar refractivity (Wildman–Crippen MR) is 42.8 cm³/mol. The zero-order valence-electron chi connectivity index (χ0n) is 6.14. The minimum Gasteiger partial charge on any atom is -0.411 e. The number of nitrogens with zero attached hydrogens (tertiary/aromatic N) is 2. The van der Waals surface area contributed by atoms with Crippen molar-refractivity contribution in [3.8, 4) is 0 Å². The highest BCUT2D eigenvalue weighted by Gasteiger charge is 1.88. The van der Waals surface area contributed by atoms with E-state index in [1.165, 1.54) is 6.21 Å². The van der Waals surface area contributed by atoms with E-state index in [0.29, 0.717) is 0 Å². The van der Waals surface area contributed by atoms with Gasteiger partial charge in [-0.2, -0.15) is 0 Å². The van der Waals surface area contributed by atoms with Crippen LogP contribution in [0.1, 0.15) is 12.0 Å². The summed E-state index contributed by atoms with van der Waals surface area (Å²) in [6, 6.07) is 3.89. The Morgan fingerprint density at radius 3 is 3.18 bits per heavy atom. The zero-order valence-corrected chi connectivity index (χ0v) is 6.14. The fourth-order valence-electron chi connectivity index (χ4n) is 0.835. The molecule has 1 heterocycles. The van der Waals surface area contributed by atoms with Gasteiger partial charge in [0.1, 0.15) is 0 Å². The Balaban J connectivity index is 2.39. The first-order valence-corrected chi connectivity index (χ1v) is 3.48. The molecule has 0 fully saturated rings. The molecule has 0 saturated heterocycles. The first-order chi connectivity index (χ1) is 5.43. The molecule has 1 rings (SSSR count). The van der Waals surface area contributed by atoms with E-state index in [1.807, 2.05) is 18.3 Å². The summed E-state index contributed by atoms with van der Waals surface area (Å²) in [5, 5.41) is 11.0. The van der Waals surface area contributed by atoms with Crippen molar-refractivity contribution in [3.05, 3.63) is 30.1 Å².